The van der Waals surface area contributed by atoms with Crippen LogP contribution in [0.5, 0.6) is 0 Å². The Kier molecular flexibility index (Phi) is 8.64. The van der Waals surface area contributed by atoms with Crippen LogP contribution in [0.4, 0.5) is 0 Å². The lowest BCUT2D eigenvalue weighted by Crippen LogP contribution is -2.58. The highest BCUT2D eigenvalue weighted by molar-refractivity contribution is 5.78. The van der Waals surface area contributed by atoms with E-state index in [2.05, 4.69) is 52.5 Å². The number of likely N-dealkylation sites (tertiary alicyclic amines) is 1. The number of benzene rings is 1. The number of para-hydroxylation sites is 2. The van der Waals surface area contributed by atoms with Crippen molar-refractivity contribution in [2.24, 2.45) is 17.8 Å². The van der Waals surface area contributed by atoms with Crippen molar-refractivity contribution >= 4 is 16.9 Å². The summed E-state index contributed by atoms with van der Waals surface area (Å²) < 4.78 is 2.71. The van der Waals surface area contributed by atoms with Crippen LogP contribution in [0.3, 0.4) is 0 Å². The molecule has 7 rings (SSSR count). The second-order valence-corrected chi connectivity index (χ2v) is 14.7. The molecule has 7 atom stereocenters. The molecule has 3 saturated heterocycles. The molecule has 3 unspecified atom stereocenters. The van der Waals surface area contributed by atoms with Crippen molar-refractivity contribution in [2.75, 3.05) is 32.7 Å². The first-order valence-electron chi connectivity index (χ1n) is 17.8. The fourth-order valence-corrected chi connectivity index (χ4v) is 10.3. The van der Waals surface area contributed by atoms with E-state index in [0.717, 1.165) is 62.6 Å². The monoisotopic (exact) mass is 573 g/mol. The van der Waals surface area contributed by atoms with E-state index in [0.29, 0.717) is 18.5 Å². The van der Waals surface area contributed by atoms with Gasteiger partial charge in [-0.2, -0.15) is 0 Å². The number of piperidine rings is 2. The number of rotatable bonds is 8. The van der Waals surface area contributed by atoms with Gasteiger partial charge in [-0.1, -0.05) is 44.2 Å². The zero-order valence-electron chi connectivity index (χ0n) is 26.4. The van der Waals surface area contributed by atoms with E-state index in [1.54, 1.807) is 0 Å². The first kappa shape index (κ1) is 28.8. The van der Waals surface area contributed by atoms with Gasteiger partial charge in [-0.25, -0.2) is 4.98 Å². The highest BCUT2D eigenvalue weighted by Gasteiger charge is 2.45. The number of hydrogen-bond donors (Lipinski definition) is 0. The molecule has 3 aliphatic heterocycles. The second kappa shape index (κ2) is 12.6. The van der Waals surface area contributed by atoms with Gasteiger partial charge in [0.1, 0.15) is 5.82 Å². The molecule has 4 heterocycles. The maximum absolute atomic E-state index is 12.8. The van der Waals surface area contributed by atoms with Crippen LogP contribution < -0.4 is 0 Å². The van der Waals surface area contributed by atoms with Crippen molar-refractivity contribution in [3.05, 3.63) is 30.1 Å². The number of aromatic nitrogens is 2. The Balaban J connectivity index is 1.08. The lowest BCUT2D eigenvalue weighted by Gasteiger charge is -2.54. The Bertz CT molecular complexity index is 1190. The van der Waals surface area contributed by atoms with Crippen molar-refractivity contribution in [2.45, 2.75) is 128 Å². The predicted molar refractivity (Wildman–Crippen MR) is 171 cm³/mol. The van der Waals surface area contributed by atoms with E-state index in [4.69, 9.17) is 4.98 Å². The normalized spacial score (nSPS) is 34.0. The topological polar surface area (TPSA) is 44.6 Å². The van der Waals surface area contributed by atoms with Crippen LogP contribution in [0, 0.1) is 17.8 Å². The minimum absolute atomic E-state index is 0.281. The number of amides is 1. The fourth-order valence-electron chi connectivity index (χ4n) is 10.3. The van der Waals surface area contributed by atoms with Gasteiger partial charge in [-0.05, 0) is 102 Å². The number of likely N-dealkylation sites (N-methyl/N-ethyl adjacent to an activating group) is 1. The largest absolute Gasteiger partial charge is 0.342 e. The van der Waals surface area contributed by atoms with Crippen LogP contribution in [0.25, 0.3) is 11.0 Å². The van der Waals surface area contributed by atoms with Crippen molar-refractivity contribution < 1.29 is 4.79 Å². The van der Waals surface area contributed by atoms with Gasteiger partial charge in [0.25, 0.3) is 0 Å². The molecule has 2 saturated carbocycles. The summed E-state index contributed by atoms with van der Waals surface area (Å²) in [5, 5.41) is 0. The van der Waals surface area contributed by atoms with Crippen LogP contribution >= 0.6 is 0 Å². The molecule has 0 N–H and O–H groups in total. The van der Waals surface area contributed by atoms with Crippen molar-refractivity contribution in [1.29, 1.82) is 0 Å². The Hall–Kier alpha value is -1.92. The molecule has 1 amide bonds. The van der Waals surface area contributed by atoms with Gasteiger partial charge < -0.3 is 9.47 Å². The smallest absolute Gasteiger partial charge is 0.236 e. The second-order valence-electron chi connectivity index (χ2n) is 14.7. The molecule has 1 aromatic carbocycles. The standard InChI is InChI=1S/C36H55N5O/c1-3-39(4-2)36(42)25-38-17-16-28(24-38)21-35-37-33-14-7-8-15-34(33)41(35)32-22-29-12-9-13-30(23-32)40(29)31-19-26-10-5-6-11-27(18-26)20-31/h7-8,14-15,26-32H,3-6,9-13,16-25H2,1-2H3/t26-,27+,28?,29-,30+,31?,32?. The summed E-state index contributed by atoms with van der Waals surface area (Å²) >= 11 is 0. The van der Waals surface area contributed by atoms with Crippen LogP contribution in [0.15, 0.2) is 24.3 Å². The SMILES string of the molecule is CCN(CC)C(=O)CN1CCC(Cc2nc3ccccc3n2C2C[C@H]3CCC[C@@H](C2)N3C2C[C@H]3CCCC[C@@H](C2)C3)C1. The number of carbonyl (C=O) groups is 1. The Morgan fingerprint density at radius 2 is 1.55 bits per heavy atom. The summed E-state index contributed by atoms with van der Waals surface area (Å²) in [6, 6.07) is 11.8. The summed E-state index contributed by atoms with van der Waals surface area (Å²) in [5.74, 6) is 4.15. The number of hydrogen-bond acceptors (Lipinski definition) is 4. The third-order valence-electron chi connectivity index (χ3n) is 12.1. The van der Waals surface area contributed by atoms with E-state index in [1.807, 2.05) is 4.90 Å². The van der Waals surface area contributed by atoms with Crippen LogP contribution in [-0.2, 0) is 11.2 Å². The number of fused-ring (bicyclic) bond motifs is 5. The van der Waals surface area contributed by atoms with Crippen molar-refractivity contribution in [3.8, 4) is 0 Å². The van der Waals surface area contributed by atoms with Gasteiger partial charge in [0.2, 0.25) is 5.91 Å². The summed E-state index contributed by atoms with van der Waals surface area (Å²) in [7, 11) is 0. The molecule has 6 heteroatoms. The van der Waals surface area contributed by atoms with E-state index in [9.17, 15) is 4.79 Å². The molecule has 2 aliphatic carbocycles. The average Bonchev–Trinajstić information content (AvgIpc) is 3.53. The van der Waals surface area contributed by atoms with Gasteiger partial charge >= 0.3 is 0 Å². The van der Waals surface area contributed by atoms with Crippen molar-refractivity contribution in [1.82, 2.24) is 24.3 Å². The lowest BCUT2D eigenvalue weighted by molar-refractivity contribution is -0.131. The molecule has 0 radical (unpaired) electrons. The molecule has 0 spiro atoms. The zero-order valence-corrected chi connectivity index (χ0v) is 26.4. The van der Waals surface area contributed by atoms with Crippen LogP contribution in [-0.4, -0.2) is 81.0 Å². The Labute approximate surface area is 254 Å². The minimum atomic E-state index is 0.281. The average molecular weight is 574 g/mol. The van der Waals surface area contributed by atoms with Gasteiger partial charge in [0.05, 0.1) is 17.6 Å². The molecule has 42 heavy (non-hydrogen) atoms. The third-order valence-corrected chi connectivity index (χ3v) is 12.1. The molecule has 5 aliphatic rings. The maximum atomic E-state index is 12.8. The van der Waals surface area contributed by atoms with Gasteiger partial charge in [0.15, 0.2) is 0 Å². The first-order valence-corrected chi connectivity index (χ1v) is 17.8. The summed E-state index contributed by atoms with van der Waals surface area (Å²) in [5.41, 5.74) is 2.52. The highest BCUT2D eigenvalue weighted by Crippen LogP contribution is 2.47. The molecule has 1 aromatic heterocycles. The summed E-state index contributed by atoms with van der Waals surface area (Å²) in [6.07, 6.45) is 19.4. The van der Waals surface area contributed by atoms with Gasteiger partial charge in [0, 0.05) is 50.2 Å². The van der Waals surface area contributed by atoms with Crippen LogP contribution in [0.1, 0.15) is 109 Å². The maximum Gasteiger partial charge on any atom is 0.236 e. The molecule has 230 valence electrons. The van der Waals surface area contributed by atoms with Crippen LogP contribution in [0.2, 0.25) is 0 Å². The molecule has 5 fully saturated rings. The summed E-state index contributed by atoms with van der Waals surface area (Å²) in [4.78, 5) is 25.5. The fraction of sp³-hybridized carbons (Fsp3) is 0.778. The number of nitrogens with zero attached hydrogens (tertiary/aromatic N) is 5. The van der Waals surface area contributed by atoms with E-state index in [1.165, 1.54) is 100 Å². The molecule has 2 aromatic rings. The quantitative estimate of drug-likeness (QED) is 0.353. The Morgan fingerprint density at radius 3 is 2.26 bits per heavy atom. The van der Waals surface area contributed by atoms with E-state index < -0.39 is 0 Å². The first-order chi connectivity index (χ1) is 20.6. The van der Waals surface area contributed by atoms with E-state index >= 15 is 0 Å². The molecular formula is C36H55N5O. The van der Waals surface area contributed by atoms with Gasteiger partial charge in [-0.15, -0.1) is 0 Å². The Morgan fingerprint density at radius 1 is 0.833 bits per heavy atom. The molecule has 6 nitrogen and oxygen atoms in total. The minimum Gasteiger partial charge on any atom is -0.342 e. The summed E-state index contributed by atoms with van der Waals surface area (Å²) in [6.45, 7) is 8.39. The predicted octanol–water partition coefficient (Wildman–Crippen LogP) is 6.69. The number of carbonyl (C=O) groups excluding carboxylic acids is 1. The zero-order chi connectivity index (χ0) is 28.6. The van der Waals surface area contributed by atoms with Gasteiger partial charge in [-0.3, -0.25) is 14.6 Å². The van der Waals surface area contributed by atoms with Crippen molar-refractivity contribution in [3.63, 3.8) is 0 Å². The highest BCUT2D eigenvalue weighted by atomic mass is 16.2. The molecule has 4 bridgehead atoms. The lowest BCUT2D eigenvalue weighted by atomic mass is 9.73. The third kappa shape index (κ3) is 5.79. The number of imidazole rings is 1. The molecular weight excluding hydrogens is 518 g/mol. The van der Waals surface area contributed by atoms with E-state index in [-0.39, 0.29) is 5.91 Å².